The fourth-order valence-electron chi connectivity index (χ4n) is 1.96. The van der Waals surface area contributed by atoms with E-state index in [0.717, 1.165) is 11.3 Å². The molecule has 1 atom stereocenters. The van der Waals surface area contributed by atoms with E-state index in [9.17, 15) is 14.4 Å². The number of carbonyl (C=O) groups is 3. The molecule has 19 heavy (non-hydrogen) atoms. The summed E-state index contributed by atoms with van der Waals surface area (Å²) in [5, 5.41) is 2.95. The number of amides is 1. The first-order valence-corrected chi connectivity index (χ1v) is 6.82. The molecule has 1 aliphatic carbocycles. The van der Waals surface area contributed by atoms with Crippen molar-refractivity contribution in [3.8, 4) is 0 Å². The summed E-state index contributed by atoms with van der Waals surface area (Å²) >= 11 is 1.11. The summed E-state index contributed by atoms with van der Waals surface area (Å²) in [5.74, 6) is -1.71. The second-order valence-electron chi connectivity index (χ2n) is 4.18. The Bertz CT molecular complexity index is 538. The van der Waals surface area contributed by atoms with E-state index in [1.165, 1.54) is 6.92 Å². The monoisotopic (exact) mass is 282 g/mol. The van der Waals surface area contributed by atoms with Crippen LogP contribution in [0.25, 0.3) is 0 Å². The summed E-state index contributed by atoms with van der Waals surface area (Å²) < 4.78 is 4.89. The second-order valence-corrected chi connectivity index (χ2v) is 5.18. The van der Waals surface area contributed by atoms with Crippen LogP contribution in [0.1, 0.15) is 35.6 Å². The zero-order valence-electron chi connectivity index (χ0n) is 10.7. The Balaban J connectivity index is 2.21. The van der Waals surface area contributed by atoms with Gasteiger partial charge in [-0.25, -0.2) is 4.98 Å². The molecule has 1 amide bonds. The van der Waals surface area contributed by atoms with Crippen molar-refractivity contribution in [2.75, 3.05) is 11.9 Å². The minimum Gasteiger partial charge on any atom is -0.465 e. The molecule has 1 aromatic rings. The van der Waals surface area contributed by atoms with Gasteiger partial charge in [0.05, 0.1) is 17.2 Å². The highest BCUT2D eigenvalue weighted by atomic mass is 32.1. The van der Waals surface area contributed by atoms with Crippen molar-refractivity contribution in [1.82, 2.24) is 4.98 Å². The zero-order valence-corrected chi connectivity index (χ0v) is 11.5. The van der Waals surface area contributed by atoms with Crippen LogP contribution in [-0.4, -0.2) is 29.3 Å². The maximum Gasteiger partial charge on any atom is 0.316 e. The molecule has 0 aliphatic heterocycles. The number of esters is 1. The lowest BCUT2D eigenvalue weighted by atomic mass is 9.90. The molecule has 1 heterocycles. The molecule has 0 fully saturated rings. The second kappa shape index (κ2) is 5.48. The van der Waals surface area contributed by atoms with E-state index < -0.39 is 11.9 Å². The van der Waals surface area contributed by atoms with Crippen LogP contribution in [0.5, 0.6) is 0 Å². The van der Waals surface area contributed by atoms with E-state index in [2.05, 4.69) is 10.3 Å². The highest BCUT2D eigenvalue weighted by Crippen LogP contribution is 2.32. The molecule has 1 aliphatic rings. The molecule has 0 spiro atoms. The average Bonchev–Trinajstić information content (AvgIpc) is 2.72. The van der Waals surface area contributed by atoms with Gasteiger partial charge in [-0.15, -0.1) is 0 Å². The van der Waals surface area contributed by atoms with Gasteiger partial charge in [0.1, 0.15) is 5.92 Å². The molecule has 2 rings (SSSR count). The van der Waals surface area contributed by atoms with Gasteiger partial charge in [0.25, 0.3) is 0 Å². The quantitative estimate of drug-likeness (QED) is 0.669. The lowest BCUT2D eigenvalue weighted by Crippen LogP contribution is -2.30. The Kier molecular flexibility index (Phi) is 3.94. The van der Waals surface area contributed by atoms with E-state index in [-0.39, 0.29) is 18.3 Å². The number of hydrogen-bond donors (Lipinski definition) is 1. The van der Waals surface area contributed by atoms with Crippen LogP contribution in [0.3, 0.4) is 0 Å². The number of anilines is 1. The summed E-state index contributed by atoms with van der Waals surface area (Å²) in [7, 11) is 0. The van der Waals surface area contributed by atoms with Gasteiger partial charge in [-0.2, -0.15) is 0 Å². The number of aromatic nitrogens is 1. The number of hydrogen-bond acceptors (Lipinski definition) is 6. The van der Waals surface area contributed by atoms with Gasteiger partial charge >= 0.3 is 5.97 Å². The molecule has 0 saturated heterocycles. The Hall–Kier alpha value is -1.76. The Morgan fingerprint density at radius 2 is 2.26 bits per heavy atom. The number of rotatable bonds is 3. The number of nitrogens with one attached hydrogen (secondary N) is 1. The highest BCUT2D eigenvalue weighted by Gasteiger charge is 2.36. The molecule has 0 saturated carbocycles. The van der Waals surface area contributed by atoms with Crippen molar-refractivity contribution in [3.63, 3.8) is 0 Å². The smallest absolute Gasteiger partial charge is 0.316 e. The van der Waals surface area contributed by atoms with Crippen LogP contribution in [0.4, 0.5) is 5.13 Å². The average molecular weight is 282 g/mol. The third-order valence-electron chi connectivity index (χ3n) is 2.76. The molecule has 6 nitrogen and oxygen atoms in total. The fourth-order valence-corrected chi connectivity index (χ4v) is 3.01. The SMILES string of the molecule is CCOC(=O)C1CCc2nc(NC(C)=O)sc2C1=O. The van der Waals surface area contributed by atoms with Crippen molar-refractivity contribution in [2.24, 2.45) is 5.92 Å². The van der Waals surface area contributed by atoms with Gasteiger partial charge < -0.3 is 10.1 Å². The molecule has 1 unspecified atom stereocenters. The van der Waals surface area contributed by atoms with Gasteiger partial charge in [0.15, 0.2) is 10.9 Å². The van der Waals surface area contributed by atoms with Crippen LogP contribution < -0.4 is 5.32 Å². The van der Waals surface area contributed by atoms with Gasteiger partial charge in [-0.3, -0.25) is 14.4 Å². The van der Waals surface area contributed by atoms with Gasteiger partial charge in [0.2, 0.25) is 5.91 Å². The molecule has 102 valence electrons. The topological polar surface area (TPSA) is 85.4 Å². The van der Waals surface area contributed by atoms with Crippen molar-refractivity contribution in [3.05, 3.63) is 10.6 Å². The fraction of sp³-hybridized carbons (Fsp3) is 0.500. The van der Waals surface area contributed by atoms with Crippen molar-refractivity contribution < 1.29 is 19.1 Å². The molecule has 0 aromatic carbocycles. The van der Waals surface area contributed by atoms with E-state index in [0.29, 0.717) is 28.5 Å². The van der Waals surface area contributed by atoms with Crippen LogP contribution in [-0.2, 0) is 20.7 Å². The number of fused-ring (bicyclic) bond motifs is 1. The summed E-state index contributed by atoms with van der Waals surface area (Å²) in [6.45, 7) is 3.34. The molecule has 1 aromatic heterocycles. The van der Waals surface area contributed by atoms with Crippen LogP contribution in [0.2, 0.25) is 0 Å². The number of thiazole rings is 1. The Labute approximate surface area is 114 Å². The largest absolute Gasteiger partial charge is 0.465 e. The lowest BCUT2D eigenvalue weighted by Gasteiger charge is -2.17. The third-order valence-corrected chi connectivity index (χ3v) is 3.79. The van der Waals surface area contributed by atoms with Crippen molar-refractivity contribution >= 4 is 34.1 Å². The molecule has 0 radical (unpaired) electrons. The van der Waals surface area contributed by atoms with Crippen LogP contribution >= 0.6 is 11.3 Å². The van der Waals surface area contributed by atoms with Crippen LogP contribution in [0, 0.1) is 5.92 Å². The molecule has 1 N–H and O–H groups in total. The minimum absolute atomic E-state index is 0.236. The number of aryl methyl sites for hydroxylation is 1. The molecule has 7 heteroatoms. The minimum atomic E-state index is -0.738. The molecular formula is C12H14N2O4S. The number of ether oxygens (including phenoxy) is 1. The Morgan fingerprint density at radius 1 is 1.53 bits per heavy atom. The van der Waals surface area contributed by atoms with E-state index in [4.69, 9.17) is 4.74 Å². The first-order valence-electron chi connectivity index (χ1n) is 6.01. The number of nitrogens with zero attached hydrogens (tertiary/aromatic N) is 1. The predicted octanol–water partition coefficient (Wildman–Crippen LogP) is 1.41. The normalized spacial score (nSPS) is 17.8. The van der Waals surface area contributed by atoms with Crippen molar-refractivity contribution in [2.45, 2.75) is 26.7 Å². The van der Waals surface area contributed by atoms with Gasteiger partial charge in [0, 0.05) is 6.92 Å². The first-order chi connectivity index (χ1) is 9.02. The number of ketones is 1. The van der Waals surface area contributed by atoms with Crippen molar-refractivity contribution in [1.29, 1.82) is 0 Å². The van der Waals surface area contributed by atoms with E-state index >= 15 is 0 Å². The standard InChI is InChI=1S/C12H14N2O4S/c1-3-18-11(17)7-4-5-8-10(9(7)16)19-12(14-8)13-6(2)15/h7H,3-5H2,1-2H3,(H,13,14,15). The third kappa shape index (κ3) is 2.81. The lowest BCUT2D eigenvalue weighted by molar-refractivity contribution is -0.146. The summed E-state index contributed by atoms with van der Waals surface area (Å²) in [6, 6.07) is 0. The summed E-state index contributed by atoms with van der Waals surface area (Å²) in [5.41, 5.74) is 0.652. The van der Waals surface area contributed by atoms with Crippen LogP contribution in [0.15, 0.2) is 0 Å². The zero-order chi connectivity index (χ0) is 14.0. The summed E-state index contributed by atoms with van der Waals surface area (Å²) in [6.07, 6.45) is 0.953. The Morgan fingerprint density at radius 3 is 2.89 bits per heavy atom. The van der Waals surface area contributed by atoms with E-state index in [1.54, 1.807) is 6.92 Å². The van der Waals surface area contributed by atoms with E-state index in [1.807, 2.05) is 0 Å². The molecule has 0 bridgehead atoms. The maximum absolute atomic E-state index is 12.2. The maximum atomic E-state index is 12.2. The number of Topliss-reactive ketones (excluding diaryl/α,β-unsaturated/α-hetero) is 1. The van der Waals surface area contributed by atoms with Gasteiger partial charge in [-0.05, 0) is 19.8 Å². The first kappa shape index (κ1) is 13.7. The number of carbonyl (C=O) groups excluding carboxylic acids is 3. The summed E-state index contributed by atoms with van der Waals surface area (Å²) in [4.78, 5) is 39.5. The predicted molar refractivity (Wildman–Crippen MR) is 69.2 cm³/mol. The van der Waals surface area contributed by atoms with Gasteiger partial charge in [-0.1, -0.05) is 11.3 Å². The highest BCUT2D eigenvalue weighted by molar-refractivity contribution is 7.17. The molecular weight excluding hydrogens is 268 g/mol.